The normalized spacial score (nSPS) is 23.7. The van der Waals surface area contributed by atoms with Crippen LogP contribution in [0.1, 0.15) is 36.0 Å². The molecule has 0 unspecified atom stereocenters. The molecule has 0 atom stereocenters. The largest absolute Gasteiger partial charge is 0.349 e. The highest BCUT2D eigenvalue weighted by Gasteiger charge is 2.22. The highest BCUT2D eigenvalue weighted by Crippen LogP contribution is 2.24. The molecule has 1 aromatic rings. The number of carbonyl (C=O) groups excluding carboxylic acids is 1. The summed E-state index contributed by atoms with van der Waals surface area (Å²) in [6.45, 7) is 0. The Labute approximate surface area is 119 Å². The Morgan fingerprint density at radius 1 is 1.33 bits per heavy atom. The molecule has 1 aliphatic carbocycles. The molecule has 1 saturated carbocycles. The van der Waals surface area contributed by atoms with Crippen molar-refractivity contribution < 1.29 is 9.18 Å². The topological polar surface area (TPSA) is 29.1 Å². The summed E-state index contributed by atoms with van der Waals surface area (Å²) < 4.78 is 14.0. The van der Waals surface area contributed by atoms with Crippen molar-refractivity contribution in [3.63, 3.8) is 0 Å². The minimum Gasteiger partial charge on any atom is -0.349 e. The monoisotopic (exact) mass is 333 g/mol. The van der Waals surface area contributed by atoms with E-state index in [4.69, 9.17) is 11.6 Å². The molecule has 2 nitrogen and oxygen atoms in total. The lowest BCUT2D eigenvalue weighted by molar-refractivity contribution is 0.0923. The summed E-state index contributed by atoms with van der Waals surface area (Å²) in [6, 6.07) is 4.82. The van der Waals surface area contributed by atoms with E-state index in [0.717, 1.165) is 25.7 Å². The van der Waals surface area contributed by atoms with Crippen LogP contribution in [0.25, 0.3) is 0 Å². The molecule has 18 heavy (non-hydrogen) atoms. The molecule has 0 aliphatic heterocycles. The van der Waals surface area contributed by atoms with Gasteiger partial charge in [-0.25, -0.2) is 4.39 Å². The van der Waals surface area contributed by atoms with E-state index in [9.17, 15) is 9.18 Å². The first-order valence-electron chi connectivity index (χ1n) is 5.97. The van der Waals surface area contributed by atoms with Crippen LogP contribution in [0, 0.1) is 5.82 Å². The molecule has 1 aliphatic rings. The van der Waals surface area contributed by atoms with Gasteiger partial charge in [-0.2, -0.15) is 0 Å². The standard InChI is InChI=1S/C13H14BrClFNO/c14-11-3-1-2-10(12(11)16)13(18)17-9-6-4-8(15)5-7-9/h1-3,8-9H,4-7H2,(H,17,18). The summed E-state index contributed by atoms with van der Waals surface area (Å²) in [5, 5.41) is 3.07. The molecule has 0 aromatic heterocycles. The molecular formula is C13H14BrClFNO. The molecule has 0 saturated heterocycles. The Kier molecular flexibility index (Phi) is 4.62. The fraction of sp³-hybridized carbons (Fsp3) is 0.462. The Morgan fingerprint density at radius 2 is 2.00 bits per heavy atom. The van der Waals surface area contributed by atoms with E-state index in [1.807, 2.05) is 0 Å². The molecule has 2 rings (SSSR count). The van der Waals surface area contributed by atoms with Gasteiger partial charge in [0.2, 0.25) is 0 Å². The van der Waals surface area contributed by atoms with E-state index in [-0.39, 0.29) is 22.9 Å². The quantitative estimate of drug-likeness (QED) is 0.817. The van der Waals surface area contributed by atoms with Crippen LogP contribution in [0.5, 0.6) is 0 Å². The fourth-order valence-electron chi connectivity index (χ4n) is 2.14. The first-order chi connectivity index (χ1) is 8.58. The number of rotatable bonds is 2. The third kappa shape index (κ3) is 3.23. The number of nitrogens with one attached hydrogen (secondary N) is 1. The molecule has 0 radical (unpaired) electrons. The maximum atomic E-state index is 13.7. The average Bonchev–Trinajstić information content (AvgIpc) is 2.35. The first-order valence-corrected chi connectivity index (χ1v) is 7.20. The molecule has 5 heteroatoms. The molecule has 0 heterocycles. The van der Waals surface area contributed by atoms with Crippen LogP contribution in [0.4, 0.5) is 4.39 Å². The van der Waals surface area contributed by atoms with Crippen molar-refractivity contribution in [2.24, 2.45) is 0 Å². The predicted octanol–water partition coefficient (Wildman–Crippen LogP) is 3.87. The highest BCUT2D eigenvalue weighted by molar-refractivity contribution is 9.10. The summed E-state index contributed by atoms with van der Waals surface area (Å²) in [7, 11) is 0. The molecule has 1 N–H and O–H groups in total. The molecule has 1 fully saturated rings. The van der Waals surface area contributed by atoms with Gasteiger partial charge in [-0.15, -0.1) is 11.6 Å². The minimum absolute atomic E-state index is 0.0809. The number of amides is 1. The van der Waals surface area contributed by atoms with E-state index >= 15 is 0 Å². The molecule has 0 spiro atoms. The van der Waals surface area contributed by atoms with E-state index in [2.05, 4.69) is 21.2 Å². The summed E-state index contributed by atoms with van der Waals surface area (Å²) in [6.07, 6.45) is 3.51. The zero-order valence-electron chi connectivity index (χ0n) is 9.76. The van der Waals surface area contributed by atoms with Crippen molar-refractivity contribution in [2.45, 2.75) is 37.1 Å². The number of hydrogen-bond acceptors (Lipinski definition) is 1. The van der Waals surface area contributed by atoms with E-state index < -0.39 is 5.82 Å². The van der Waals surface area contributed by atoms with E-state index in [0.29, 0.717) is 4.47 Å². The van der Waals surface area contributed by atoms with Crippen molar-refractivity contribution in [3.05, 3.63) is 34.1 Å². The maximum absolute atomic E-state index is 13.7. The van der Waals surface area contributed by atoms with Crippen LogP contribution in [0.3, 0.4) is 0 Å². The lowest BCUT2D eigenvalue weighted by Crippen LogP contribution is -2.38. The number of hydrogen-bond donors (Lipinski definition) is 1. The van der Waals surface area contributed by atoms with Gasteiger partial charge in [0.15, 0.2) is 0 Å². The van der Waals surface area contributed by atoms with Crippen LogP contribution in [-0.2, 0) is 0 Å². The molecular weight excluding hydrogens is 321 g/mol. The number of carbonyl (C=O) groups is 1. The lowest BCUT2D eigenvalue weighted by atomic mass is 9.95. The Balaban J connectivity index is 2.01. The van der Waals surface area contributed by atoms with Crippen molar-refractivity contribution in [3.8, 4) is 0 Å². The second-order valence-electron chi connectivity index (χ2n) is 4.52. The Bertz CT molecular complexity index is 447. The van der Waals surface area contributed by atoms with Crippen LogP contribution >= 0.6 is 27.5 Å². The van der Waals surface area contributed by atoms with Gasteiger partial charge < -0.3 is 5.32 Å². The smallest absolute Gasteiger partial charge is 0.254 e. The molecule has 98 valence electrons. The minimum atomic E-state index is -0.513. The SMILES string of the molecule is O=C(NC1CCC(Cl)CC1)c1cccc(Br)c1F. The number of alkyl halides is 1. The molecule has 1 amide bonds. The fourth-order valence-corrected chi connectivity index (χ4v) is 2.76. The second-order valence-corrected chi connectivity index (χ2v) is 6.00. The van der Waals surface area contributed by atoms with Crippen LogP contribution in [0.2, 0.25) is 0 Å². The van der Waals surface area contributed by atoms with Crippen LogP contribution in [0.15, 0.2) is 22.7 Å². The molecule has 0 bridgehead atoms. The van der Waals surface area contributed by atoms with Crippen molar-refractivity contribution in [1.82, 2.24) is 5.32 Å². The van der Waals surface area contributed by atoms with E-state index in [1.54, 1.807) is 12.1 Å². The summed E-state index contributed by atoms with van der Waals surface area (Å²) in [5.41, 5.74) is 0.0809. The summed E-state index contributed by atoms with van der Waals surface area (Å²) in [5.74, 6) is -0.868. The van der Waals surface area contributed by atoms with E-state index in [1.165, 1.54) is 6.07 Å². The van der Waals surface area contributed by atoms with Crippen molar-refractivity contribution in [1.29, 1.82) is 0 Å². The summed E-state index contributed by atoms with van der Waals surface area (Å²) in [4.78, 5) is 12.0. The van der Waals surface area contributed by atoms with Gasteiger partial charge in [-0.05, 0) is 53.7 Å². The van der Waals surface area contributed by atoms with Gasteiger partial charge in [0.05, 0.1) is 10.0 Å². The maximum Gasteiger partial charge on any atom is 0.254 e. The van der Waals surface area contributed by atoms with Crippen molar-refractivity contribution >= 4 is 33.4 Å². The average molecular weight is 335 g/mol. The summed E-state index contributed by atoms with van der Waals surface area (Å²) >= 11 is 9.08. The first kappa shape index (κ1) is 13.8. The van der Waals surface area contributed by atoms with Gasteiger partial charge in [0.25, 0.3) is 5.91 Å². The third-order valence-corrected chi connectivity index (χ3v) is 4.24. The zero-order valence-corrected chi connectivity index (χ0v) is 12.1. The van der Waals surface area contributed by atoms with Crippen molar-refractivity contribution in [2.75, 3.05) is 0 Å². The highest BCUT2D eigenvalue weighted by atomic mass is 79.9. The van der Waals surface area contributed by atoms with Crippen LogP contribution in [-0.4, -0.2) is 17.3 Å². The van der Waals surface area contributed by atoms with Gasteiger partial charge in [0, 0.05) is 11.4 Å². The number of benzene rings is 1. The van der Waals surface area contributed by atoms with Gasteiger partial charge in [-0.1, -0.05) is 6.07 Å². The molecule has 1 aromatic carbocycles. The van der Waals surface area contributed by atoms with Gasteiger partial charge >= 0.3 is 0 Å². The van der Waals surface area contributed by atoms with Gasteiger partial charge in [-0.3, -0.25) is 4.79 Å². The Morgan fingerprint density at radius 3 is 2.67 bits per heavy atom. The Hall–Kier alpha value is -0.610. The third-order valence-electron chi connectivity index (χ3n) is 3.19. The number of halogens is 3. The van der Waals surface area contributed by atoms with Crippen LogP contribution < -0.4 is 5.32 Å². The second kappa shape index (κ2) is 6.02. The predicted molar refractivity (Wildman–Crippen MR) is 73.5 cm³/mol. The van der Waals surface area contributed by atoms with Gasteiger partial charge in [0.1, 0.15) is 5.82 Å². The zero-order chi connectivity index (χ0) is 13.1. The lowest BCUT2D eigenvalue weighted by Gasteiger charge is -2.25.